The number of benzene rings is 2. The van der Waals surface area contributed by atoms with E-state index in [2.05, 4.69) is 5.32 Å². The molecule has 1 atom stereocenters. The Hall–Kier alpha value is -1.94. The molecule has 0 saturated heterocycles. The van der Waals surface area contributed by atoms with Crippen molar-refractivity contribution in [3.05, 3.63) is 65.2 Å². The lowest BCUT2D eigenvalue weighted by molar-refractivity contribution is 0.573. The minimum Gasteiger partial charge on any atom is -0.365 e. The van der Waals surface area contributed by atoms with Gasteiger partial charge in [-0.3, -0.25) is 0 Å². The smallest absolute Gasteiger partial charge is 0.146 e. The van der Waals surface area contributed by atoms with Crippen LogP contribution in [0, 0.1) is 11.6 Å². The molecule has 2 aromatic rings. The minimum atomic E-state index is -0.298. The van der Waals surface area contributed by atoms with Crippen molar-refractivity contribution in [3.63, 3.8) is 0 Å². The van der Waals surface area contributed by atoms with Gasteiger partial charge in [0.05, 0.1) is 11.7 Å². The third-order valence-corrected chi connectivity index (χ3v) is 3.73. The third kappa shape index (κ3) is 3.22. The Balaban J connectivity index is 2.40. The van der Waals surface area contributed by atoms with Gasteiger partial charge in [0.1, 0.15) is 11.6 Å². The average molecular weight is 290 g/mol. The van der Waals surface area contributed by atoms with Crippen LogP contribution >= 0.6 is 0 Å². The van der Waals surface area contributed by atoms with Crippen LogP contribution in [0.25, 0.3) is 0 Å². The zero-order valence-corrected chi connectivity index (χ0v) is 12.5. The van der Waals surface area contributed by atoms with E-state index >= 15 is 0 Å². The molecule has 1 unspecified atom stereocenters. The van der Waals surface area contributed by atoms with E-state index < -0.39 is 0 Å². The number of rotatable bonds is 5. The maximum Gasteiger partial charge on any atom is 0.146 e. The Morgan fingerprint density at radius 1 is 1.05 bits per heavy atom. The summed E-state index contributed by atoms with van der Waals surface area (Å²) >= 11 is 0. The maximum absolute atomic E-state index is 14.2. The molecule has 0 aromatic heterocycles. The highest BCUT2D eigenvalue weighted by Gasteiger charge is 2.20. The Bertz CT molecular complexity index is 613. The molecule has 1 N–H and O–H groups in total. The molecule has 2 rings (SSSR count). The lowest BCUT2D eigenvalue weighted by Crippen LogP contribution is -2.25. The van der Waals surface area contributed by atoms with Crippen molar-refractivity contribution in [2.75, 3.05) is 19.0 Å². The quantitative estimate of drug-likeness (QED) is 0.899. The fraction of sp³-hybridized carbons (Fsp3) is 0.294. The first kappa shape index (κ1) is 15.4. The van der Waals surface area contributed by atoms with Crippen LogP contribution in [0.4, 0.5) is 14.5 Å². The average Bonchev–Trinajstić information content (AvgIpc) is 2.47. The molecular weight excluding hydrogens is 270 g/mol. The summed E-state index contributed by atoms with van der Waals surface area (Å²) in [5.74, 6) is -0.572. The Kier molecular flexibility index (Phi) is 4.91. The second-order valence-corrected chi connectivity index (χ2v) is 5.09. The van der Waals surface area contributed by atoms with Crippen LogP contribution in [-0.2, 0) is 6.54 Å². The van der Waals surface area contributed by atoms with Crippen LogP contribution in [0.1, 0.15) is 24.1 Å². The molecule has 21 heavy (non-hydrogen) atoms. The van der Waals surface area contributed by atoms with E-state index in [0.29, 0.717) is 17.8 Å². The van der Waals surface area contributed by atoms with Crippen molar-refractivity contribution in [1.29, 1.82) is 0 Å². The fourth-order valence-corrected chi connectivity index (χ4v) is 2.50. The highest BCUT2D eigenvalue weighted by atomic mass is 19.1. The van der Waals surface area contributed by atoms with Gasteiger partial charge in [-0.2, -0.15) is 0 Å². The van der Waals surface area contributed by atoms with E-state index in [1.165, 1.54) is 12.1 Å². The lowest BCUT2D eigenvalue weighted by atomic mass is 10.0. The number of halogens is 2. The minimum absolute atomic E-state index is 0.265. The van der Waals surface area contributed by atoms with Crippen LogP contribution in [0.5, 0.6) is 0 Å². The summed E-state index contributed by atoms with van der Waals surface area (Å²) in [6, 6.07) is 11.3. The van der Waals surface area contributed by atoms with Gasteiger partial charge < -0.3 is 10.2 Å². The van der Waals surface area contributed by atoms with E-state index in [9.17, 15) is 8.78 Å². The van der Waals surface area contributed by atoms with Gasteiger partial charge in [0.2, 0.25) is 0 Å². The van der Waals surface area contributed by atoms with E-state index in [1.54, 1.807) is 36.2 Å². The van der Waals surface area contributed by atoms with Crippen LogP contribution in [0.15, 0.2) is 42.5 Å². The summed E-state index contributed by atoms with van der Waals surface area (Å²) in [6.07, 6.45) is 0. The monoisotopic (exact) mass is 290 g/mol. The molecule has 0 fully saturated rings. The number of nitrogens with zero attached hydrogens (tertiary/aromatic N) is 1. The van der Waals surface area contributed by atoms with E-state index in [0.717, 1.165) is 5.56 Å². The summed E-state index contributed by atoms with van der Waals surface area (Å²) in [4.78, 5) is 1.78. The highest BCUT2D eigenvalue weighted by molar-refractivity contribution is 5.56. The van der Waals surface area contributed by atoms with E-state index in [1.807, 2.05) is 20.0 Å². The largest absolute Gasteiger partial charge is 0.365 e. The normalized spacial score (nSPS) is 12.2. The molecule has 0 bridgehead atoms. The molecule has 112 valence electrons. The molecule has 0 aliphatic rings. The standard InChI is InChI=1S/C17H20F2N2/c1-12(14-8-4-5-9-15(14)18)21(3)17-13(11-20-2)7-6-10-16(17)19/h4-10,12,20H,11H2,1-3H3. The van der Waals surface area contributed by atoms with Gasteiger partial charge in [0, 0.05) is 19.2 Å². The van der Waals surface area contributed by atoms with Gasteiger partial charge in [-0.1, -0.05) is 30.3 Å². The van der Waals surface area contributed by atoms with Crippen LogP contribution in [0.3, 0.4) is 0 Å². The lowest BCUT2D eigenvalue weighted by Gasteiger charge is -2.30. The van der Waals surface area contributed by atoms with Gasteiger partial charge >= 0.3 is 0 Å². The molecule has 0 amide bonds. The van der Waals surface area contributed by atoms with Crippen molar-refractivity contribution >= 4 is 5.69 Å². The molecule has 0 saturated carbocycles. The van der Waals surface area contributed by atoms with Gasteiger partial charge in [-0.05, 0) is 31.7 Å². The van der Waals surface area contributed by atoms with Crippen molar-refractivity contribution in [3.8, 4) is 0 Å². The van der Waals surface area contributed by atoms with Crippen molar-refractivity contribution < 1.29 is 8.78 Å². The molecule has 2 aromatic carbocycles. The SMILES string of the molecule is CNCc1cccc(F)c1N(C)C(C)c1ccccc1F. The van der Waals surface area contributed by atoms with Crippen molar-refractivity contribution in [2.24, 2.45) is 0 Å². The first-order chi connectivity index (χ1) is 10.1. The number of hydrogen-bond donors (Lipinski definition) is 1. The summed E-state index contributed by atoms with van der Waals surface area (Å²) in [7, 11) is 3.60. The number of nitrogens with one attached hydrogen (secondary N) is 1. The van der Waals surface area contributed by atoms with Gasteiger partial charge in [-0.15, -0.1) is 0 Å². The maximum atomic E-state index is 14.2. The number of para-hydroxylation sites is 1. The van der Waals surface area contributed by atoms with E-state index in [4.69, 9.17) is 0 Å². The topological polar surface area (TPSA) is 15.3 Å². The Morgan fingerprint density at radius 2 is 1.71 bits per heavy atom. The summed E-state index contributed by atoms with van der Waals surface area (Å²) < 4.78 is 28.2. The fourth-order valence-electron chi connectivity index (χ4n) is 2.50. The molecule has 0 aliphatic heterocycles. The molecular formula is C17H20F2N2. The molecule has 0 radical (unpaired) electrons. The van der Waals surface area contributed by atoms with Gasteiger partial charge in [-0.25, -0.2) is 8.78 Å². The predicted molar refractivity (Wildman–Crippen MR) is 82.4 cm³/mol. The van der Waals surface area contributed by atoms with Crippen LogP contribution < -0.4 is 10.2 Å². The van der Waals surface area contributed by atoms with Crippen LogP contribution in [0.2, 0.25) is 0 Å². The molecule has 2 nitrogen and oxygen atoms in total. The van der Waals surface area contributed by atoms with Crippen molar-refractivity contribution in [2.45, 2.75) is 19.5 Å². The number of anilines is 1. The van der Waals surface area contributed by atoms with Gasteiger partial charge in [0.15, 0.2) is 0 Å². The van der Waals surface area contributed by atoms with E-state index in [-0.39, 0.29) is 17.7 Å². The van der Waals surface area contributed by atoms with Crippen molar-refractivity contribution in [1.82, 2.24) is 5.32 Å². The zero-order chi connectivity index (χ0) is 15.4. The Morgan fingerprint density at radius 3 is 2.38 bits per heavy atom. The third-order valence-electron chi connectivity index (χ3n) is 3.73. The molecule has 0 heterocycles. The molecule has 0 spiro atoms. The van der Waals surface area contributed by atoms with Gasteiger partial charge in [0.25, 0.3) is 0 Å². The highest BCUT2D eigenvalue weighted by Crippen LogP contribution is 2.31. The predicted octanol–water partition coefficient (Wildman–Crippen LogP) is 3.88. The summed E-state index contributed by atoms with van der Waals surface area (Å²) in [6.45, 7) is 2.43. The first-order valence-electron chi connectivity index (χ1n) is 6.95. The summed E-state index contributed by atoms with van der Waals surface area (Å²) in [5, 5.41) is 3.03. The molecule has 0 aliphatic carbocycles. The second kappa shape index (κ2) is 6.68. The number of hydrogen-bond acceptors (Lipinski definition) is 2. The molecule has 4 heteroatoms. The zero-order valence-electron chi connectivity index (χ0n) is 12.5. The van der Waals surface area contributed by atoms with Crippen LogP contribution in [-0.4, -0.2) is 14.1 Å². The summed E-state index contributed by atoms with van der Waals surface area (Å²) in [5.41, 5.74) is 1.91. The Labute approximate surface area is 124 Å². The first-order valence-corrected chi connectivity index (χ1v) is 6.95. The second-order valence-electron chi connectivity index (χ2n) is 5.09.